The van der Waals surface area contributed by atoms with Gasteiger partial charge in [-0.15, -0.1) is 0 Å². The second-order valence-corrected chi connectivity index (χ2v) is 9.77. The minimum atomic E-state index is -0.374. The molecule has 3 fully saturated rings. The topological polar surface area (TPSA) is 94.2 Å². The van der Waals surface area contributed by atoms with Crippen LogP contribution in [0, 0.1) is 17.8 Å². The van der Waals surface area contributed by atoms with Crippen molar-refractivity contribution < 1.29 is 28.6 Å². The summed E-state index contributed by atoms with van der Waals surface area (Å²) in [5, 5.41) is 2.54. The van der Waals surface area contributed by atoms with E-state index in [-0.39, 0.29) is 30.1 Å². The average Bonchev–Trinajstić information content (AvgIpc) is 3.49. The number of nitrogens with zero attached hydrogens (tertiary/aromatic N) is 1. The van der Waals surface area contributed by atoms with Crippen LogP contribution < -0.4 is 19.5 Å². The Morgan fingerprint density at radius 1 is 1.12 bits per heavy atom. The lowest BCUT2D eigenvalue weighted by Gasteiger charge is -2.21. The van der Waals surface area contributed by atoms with E-state index < -0.39 is 0 Å². The van der Waals surface area contributed by atoms with Gasteiger partial charge in [0.25, 0.3) is 11.1 Å². The van der Waals surface area contributed by atoms with Gasteiger partial charge in [0.05, 0.1) is 26.2 Å². The minimum absolute atomic E-state index is 0.00693. The van der Waals surface area contributed by atoms with Crippen LogP contribution in [0.5, 0.6) is 17.2 Å². The van der Waals surface area contributed by atoms with Crippen LogP contribution in [0.2, 0.25) is 0 Å². The first kappa shape index (κ1) is 23.5. The maximum atomic E-state index is 12.8. The standard InChI is InChI=1S/C24H30N2O6S/c1-30-18-10-15(11-19(31-2)22(18)32-3)12-20-23(28)26(24(29)33-20)7-6-25-21(27)13-17-9-14-4-5-16(17)8-14/h10-12,14,16-17H,4-9,13H2,1-3H3,(H,25,27). The second-order valence-electron chi connectivity index (χ2n) is 8.78. The highest BCUT2D eigenvalue weighted by atomic mass is 32.2. The Balaban J connectivity index is 1.34. The highest BCUT2D eigenvalue weighted by Crippen LogP contribution is 2.49. The molecule has 3 amide bonds. The highest BCUT2D eigenvalue weighted by molar-refractivity contribution is 8.18. The Morgan fingerprint density at radius 2 is 1.85 bits per heavy atom. The summed E-state index contributed by atoms with van der Waals surface area (Å²) in [5.41, 5.74) is 0.647. The SMILES string of the molecule is COc1cc(C=C2SC(=O)N(CCNC(=O)CC3CC4CCC3C4)C2=O)cc(OC)c1OC. The normalized spacial score (nSPS) is 25.1. The molecular weight excluding hydrogens is 444 g/mol. The van der Waals surface area contributed by atoms with E-state index >= 15 is 0 Å². The first-order valence-electron chi connectivity index (χ1n) is 11.3. The van der Waals surface area contributed by atoms with Gasteiger partial charge in [-0.3, -0.25) is 19.3 Å². The molecule has 1 saturated heterocycles. The van der Waals surface area contributed by atoms with E-state index in [1.807, 2.05) is 0 Å². The molecule has 2 bridgehead atoms. The molecule has 178 valence electrons. The van der Waals surface area contributed by atoms with Gasteiger partial charge >= 0.3 is 0 Å². The van der Waals surface area contributed by atoms with Gasteiger partial charge in [0.15, 0.2) is 11.5 Å². The van der Waals surface area contributed by atoms with Crippen LogP contribution in [0.4, 0.5) is 4.79 Å². The fourth-order valence-electron chi connectivity index (χ4n) is 5.27. The zero-order chi connectivity index (χ0) is 23.5. The molecule has 1 N–H and O–H groups in total. The van der Waals surface area contributed by atoms with Crippen molar-refractivity contribution in [2.24, 2.45) is 17.8 Å². The van der Waals surface area contributed by atoms with Crippen molar-refractivity contribution in [1.82, 2.24) is 10.2 Å². The molecule has 1 aliphatic heterocycles. The molecule has 3 unspecified atom stereocenters. The van der Waals surface area contributed by atoms with E-state index in [4.69, 9.17) is 14.2 Å². The molecule has 1 aromatic rings. The number of hydrogen-bond donors (Lipinski definition) is 1. The summed E-state index contributed by atoms with van der Waals surface area (Å²) >= 11 is 0.880. The molecule has 2 aliphatic carbocycles. The molecule has 0 radical (unpaired) electrons. The van der Waals surface area contributed by atoms with Crippen molar-refractivity contribution in [3.8, 4) is 17.2 Å². The lowest BCUT2D eigenvalue weighted by molar-refractivity contribution is -0.124. The zero-order valence-corrected chi connectivity index (χ0v) is 20.0. The summed E-state index contributed by atoms with van der Waals surface area (Å²) in [6.45, 7) is 0.412. The number of rotatable bonds is 9. The molecule has 8 nitrogen and oxygen atoms in total. The Hall–Kier alpha value is -2.68. The number of ether oxygens (including phenoxy) is 3. The fourth-order valence-corrected chi connectivity index (χ4v) is 6.14. The predicted octanol–water partition coefficient (Wildman–Crippen LogP) is 3.69. The van der Waals surface area contributed by atoms with Crippen molar-refractivity contribution in [1.29, 1.82) is 0 Å². The number of fused-ring (bicyclic) bond motifs is 2. The molecular formula is C24H30N2O6S. The summed E-state index contributed by atoms with van der Waals surface area (Å²) in [4.78, 5) is 39.0. The molecule has 0 aromatic heterocycles. The number of carbonyl (C=O) groups excluding carboxylic acids is 3. The molecule has 3 aliphatic rings. The summed E-state index contributed by atoms with van der Waals surface area (Å²) < 4.78 is 16.0. The summed E-state index contributed by atoms with van der Waals surface area (Å²) in [7, 11) is 4.54. The smallest absolute Gasteiger partial charge is 0.293 e. The van der Waals surface area contributed by atoms with Crippen LogP contribution in [0.3, 0.4) is 0 Å². The third-order valence-electron chi connectivity index (χ3n) is 6.85. The van der Waals surface area contributed by atoms with E-state index in [1.54, 1.807) is 18.2 Å². The zero-order valence-electron chi connectivity index (χ0n) is 19.2. The minimum Gasteiger partial charge on any atom is -0.493 e. The van der Waals surface area contributed by atoms with Gasteiger partial charge in [0.2, 0.25) is 11.7 Å². The fraction of sp³-hybridized carbons (Fsp3) is 0.542. The number of thioether (sulfide) groups is 1. The number of imide groups is 1. The van der Waals surface area contributed by atoms with Crippen molar-refractivity contribution in [2.45, 2.75) is 32.1 Å². The lowest BCUT2D eigenvalue weighted by Crippen LogP contribution is -2.38. The van der Waals surface area contributed by atoms with Gasteiger partial charge in [-0.1, -0.05) is 6.42 Å². The maximum absolute atomic E-state index is 12.8. The van der Waals surface area contributed by atoms with Gasteiger partial charge in [-0.2, -0.15) is 0 Å². The van der Waals surface area contributed by atoms with Gasteiger partial charge in [0.1, 0.15) is 0 Å². The van der Waals surface area contributed by atoms with Crippen LogP contribution in [0.25, 0.3) is 6.08 Å². The monoisotopic (exact) mass is 474 g/mol. The van der Waals surface area contributed by atoms with E-state index in [0.29, 0.717) is 46.0 Å². The number of benzene rings is 1. The lowest BCUT2D eigenvalue weighted by atomic mass is 9.86. The first-order valence-corrected chi connectivity index (χ1v) is 12.1. The summed E-state index contributed by atoms with van der Waals surface area (Å²) in [5.74, 6) is 2.99. The van der Waals surface area contributed by atoms with E-state index in [9.17, 15) is 14.4 Å². The van der Waals surface area contributed by atoms with Crippen molar-refractivity contribution in [3.05, 3.63) is 22.6 Å². The van der Waals surface area contributed by atoms with Gasteiger partial charge in [-0.05, 0) is 72.6 Å². The summed E-state index contributed by atoms with van der Waals surface area (Å²) in [6.07, 6.45) is 7.16. The Kier molecular flexibility index (Phi) is 7.17. The quantitative estimate of drug-likeness (QED) is 0.546. The Morgan fingerprint density at radius 3 is 2.42 bits per heavy atom. The van der Waals surface area contributed by atoms with Crippen LogP contribution in [0.1, 0.15) is 37.7 Å². The number of nitrogens with one attached hydrogen (secondary N) is 1. The van der Waals surface area contributed by atoms with E-state index in [1.165, 1.54) is 45.5 Å². The van der Waals surface area contributed by atoms with Gasteiger partial charge in [-0.25, -0.2) is 0 Å². The first-order chi connectivity index (χ1) is 15.9. The molecule has 4 rings (SSSR count). The molecule has 33 heavy (non-hydrogen) atoms. The third-order valence-corrected chi connectivity index (χ3v) is 7.76. The van der Waals surface area contributed by atoms with Crippen LogP contribution >= 0.6 is 11.8 Å². The molecule has 2 saturated carbocycles. The molecule has 1 aromatic carbocycles. The summed E-state index contributed by atoms with van der Waals surface area (Å²) in [6, 6.07) is 3.43. The highest BCUT2D eigenvalue weighted by Gasteiger charge is 2.40. The third kappa shape index (κ3) is 4.98. The van der Waals surface area contributed by atoms with Crippen molar-refractivity contribution in [2.75, 3.05) is 34.4 Å². The van der Waals surface area contributed by atoms with E-state index in [2.05, 4.69) is 5.32 Å². The number of methoxy groups -OCH3 is 3. The number of amides is 3. The van der Waals surface area contributed by atoms with Crippen LogP contribution in [-0.2, 0) is 9.59 Å². The Bertz CT molecular complexity index is 953. The van der Waals surface area contributed by atoms with Crippen LogP contribution in [-0.4, -0.2) is 56.4 Å². The molecule has 3 atom stereocenters. The average molecular weight is 475 g/mol. The molecule has 0 spiro atoms. The Labute approximate surface area is 198 Å². The predicted molar refractivity (Wildman–Crippen MR) is 125 cm³/mol. The molecule has 1 heterocycles. The second kappa shape index (κ2) is 10.1. The largest absolute Gasteiger partial charge is 0.493 e. The van der Waals surface area contributed by atoms with E-state index in [0.717, 1.165) is 24.1 Å². The molecule has 9 heteroatoms. The van der Waals surface area contributed by atoms with Gasteiger partial charge < -0.3 is 19.5 Å². The maximum Gasteiger partial charge on any atom is 0.293 e. The number of hydrogen-bond acceptors (Lipinski definition) is 7. The van der Waals surface area contributed by atoms with Crippen molar-refractivity contribution >= 4 is 34.9 Å². The van der Waals surface area contributed by atoms with Crippen LogP contribution in [0.15, 0.2) is 17.0 Å². The number of carbonyl (C=O) groups is 3. The van der Waals surface area contributed by atoms with Crippen molar-refractivity contribution in [3.63, 3.8) is 0 Å². The van der Waals surface area contributed by atoms with Gasteiger partial charge in [0, 0.05) is 19.5 Å².